The predicted molar refractivity (Wildman–Crippen MR) is 108 cm³/mol. The fourth-order valence-electron chi connectivity index (χ4n) is 4.54. The summed E-state index contributed by atoms with van der Waals surface area (Å²) in [4.78, 5) is 16.7. The lowest BCUT2D eigenvalue weighted by Gasteiger charge is -2.46. The minimum Gasteiger partial charge on any atom is -0.491 e. The van der Waals surface area contributed by atoms with Gasteiger partial charge >= 0.3 is 6.03 Å². The summed E-state index contributed by atoms with van der Waals surface area (Å²) in [5, 5.41) is 22.3. The molecule has 2 saturated heterocycles. The van der Waals surface area contributed by atoms with Crippen molar-refractivity contribution < 1.29 is 14.6 Å². The molecule has 4 rings (SSSR count). The third kappa shape index (κ3) is 5.62. The number of aliphatic hydroxyl groups excluding tert-OH is 1. The first kappa shape index (κ1) is 20.0. The van der Waals surface area contributed by atoms with Gasteiger partial charge in [-0.2, -0.15) is 5.26 Å². The zero-order valence-electron chi connectivity index (χ0n) is 16.8. The number of fused-ring (bicyclic) bond motifs is 2. The van der Waals surface area contributed by atoms with Crippen LogP contribution in [-0.4, -0.2) is 72.9 Å². The Morgan fingerprint density at radius 2 is 1.90 bits per heavy atom. The quantitative estimate of drug-likeness (QED) is 0.729. The second-order valence-electron chi connectivity index (χ2n) is 8.82. The van der Waals surface area contributed by atoms with E-state index in [0.29, 0.717) is 35.6 Å². The van der Waals surface area contributed by atoms with Gasteiger partial charge in [0.05, 0.1) is 11.6 Å². The molecular weight excluding hydrogens is 368 g/mol. The summed E-state index contributed by atoms with van der Waals surface area (Å²) in [5.74, 6) is 2.31. The van der Waals surface area contributed by atoms with E-state index in [0.717, 1.165) is 32.7 Å². The Labute approximate surface area is 172 Å². The Hall–Kier alpha value is -2.30. The number of β-amino-alcohol motifs (C(OH)–C–C–N with tert-alkyl or cyclic N) is 1. The third-order valence-electron chi connectivity index (χ3n) is 6.08. The van der Waals surface area contributed by atoms with E-state index in [1.54, 1.807) is 24.3 Å². The number of carbonyl (C=O) groups excluding carboxylic acids is 1. The minimum absolute atomic E-state index is 0.0934. The second kappa shape index (κ2) is 9.02. The summed E-state index contributed by atoms with van der Waals surface area (Å²) in [6.07, 6.45) is 3.10. The lowest BCUT2D eigenvalue weighted by atomic mass is 9.84. The summed E-state index contributed by atoms with van der Waals surface area (Å²) < 4.78 is 5.66. The van der Waals surface area contributed by atoms with Gasteiger partial charge < -0.3 is 20.1 Å². The first-order valence-electron chi connectivity index (χ1n) is 10.6. The number of carbonyl (C=O) groups is 1. The van der Waals surface area contributed by atoms with Gasteiger partial charge in [-0.25, -0.2) is 4.79 Å². The smallest absolute Gasteiger partial charge is 0.317 e. The highest BCUT2D eigenvalue weighted by Crippen LogP contribution is 2.30. The number of nitriles is 1. The molecule has 156 valence electrons. The van der Waals surface area contributed by atoms with E-state index >= 15 is 0 Å². The average Bonchev–Trinajstić information content (AvgIpc) is 3.54. The van der Waals surface area contributed by atoms with Crippen molar-refractivity contribution in [3.8, 4) is 11.8 Å². The maximum absolute atomic E-state index is 12.4. The van der Waals surface area contributed by atoms with E-state index < -0.39 is 6.10 Å². The van der Waals surface area contributed by atoms with Gasteiger partial charge in [-0.1, -0.05) is 0 Å². The van der Waals surface area contributed by atoms with Crippen molar-refractivity contribution in [1.29, 1.82) is 5.26 Å². The zero-order chi connectivity index (χ0) is 20.2. The minimum atomic E-state index is -0.567. The van der Waals surface area contributed by atoms with Gasteiger partial charge in [0.15, 0.2) is 0 Å². The average molecular weight is 399 g/mol. The lowest BCUT2D eigenvalue weighted by molar-refractivity contribution is 0.00919. The SMILES string of the molecule is N#Cc1ccc(OC[C@H](O)CN2CC3CC(C2)CN(C(=O)NCC2CC2)C3)cc1. The molecule has 0 aromatic heterocycles. The molecule has 1 aliphatic carbocycles. The van der Waals surface area contributed by atoms with E-state index in [1.165, 1.54) is 19.3 Å². The molecule has 1 saturated carbocycles. The van der Waals surface area contributed by atoms with Crippen molar-refractivity contribution in [2.45, 2.75) is 25.4 Å². The van der Waals surface area contributed by atoms with Crippen LogP contribution in [0.1, 0.15) is 24.8 Å². The fourth-order valence-corrected chi connectivity index (χ4v) is 4.54. The normalized spacial score (nSPS) is 25.2. The molecule has 2 amide bonds. The molecule has 1 aromatic rings. The molecule has 2 N–H and O–H groups in total. The van der Waals surface area contributed by atoms with Crippen molar-refractivity contribution in [1.82, 2.24) is 15.1 Å². The number of benzene rings is 1. The van der Waals surface area contributed by atoms with Crippen molar-refractivity contribution in [3.05, 3.63) is 29.8 Å². The number of rotatable bonds is 7. The number of urea groups is 1. The number of amides is 2. The van der Waals surface area contributed by atoms with Gasteiger partial charge in [0.2, 0.25) is 0 Å². The number of hydrogen-bond donors (Lipinski definition) is 2. The van der Waals surface area contributed by atoms with Crippen LogP contribution in [0.25, 0.3) is 0 Å². The molecule has 3 aliphatic rings. The van der Waals surface area contributed by atoms with E-state index in [-0.39, 0.29) is 12.6 Å². The van der Waals surface area contributed by atoms with Crippen LogP contribution in [0.2, 0.25) is 0 Å². The fraction of sp³-hybridized carbons (Fsp3) is 0.636. The highest BCUT2D eigenvalue weighted by Gasteiger charge is 2.36. The van der Waals surface area contributed by atoms with Gasteiger partial charge in [-0.3, -0.25) is 4.90 Å². The first-order valence-corrected chi connectivity index (χ1v) is 10.6. The molecule has 2 unspecified atom stereocenters. The van der Waals surface area contributed by atoms with Gasteiger partial charge in [0.25, 0.3) is 0 Å². The third-order valence-corrected chi connectivity index (χ3v) is 6.08. The Balaban J connectivity index is 1.20. The molecule has 29 heavy (non-hydrogen) atoms. The number of nitrogens with zero attached hydrogens (tertiary/aromatic N) is 3. The van der Waals surface area contributed by atoms with Crippen LogP contribution in [0.4, 0.5) is 4.79 Å². The summed E-state index contributed by atoms with van der Waals surface area (Å²) in [6, 6.07) is 9.09. The van der Waals surface area contributed by atoms with Crippen molar-refractivity contribution in [3.63, 3.8) is 0 Å². The standard InChI is InChI=1S/C22H30N4O3/c23-8-16-3-5-21(6-4-16)29-15-20(27)14-25-10-18-7-19(11-25)13-26(12-18)22(28)24-9-17-1-2-17/h3-6,17-20,27H,1-2,7,9-15H2,(H,24,28)/t18?,19?,20-/m1/s1. The van der Waals surface area contributed by atoms with Gasteiger partial charge in [-0.15, -0.1) is 0 Å². The van der Waals surface area contributed by atoms with Crippen molar-refractivity contribution in [2.75, 3.05) is 45.9 Å². The Bertz CT molecular complexity index is 729. The number of aliphatic hydroxyl groups is 1. The lowest BCUT2D eigenvalue weighted by Crippen LogP contribution is -2.57. The van der Waals surface area contributed by atoms with Gasteiger partial charge in [0, 0.05) is 39.3 Å². The molecule has 0 spiro atoms. The molecule has 7 heteroatoms. The van der Waals surface area contributed by atoms with Gasteiger partial charge in [-0.05, 0) is 61.3 Å². The molecular formula is C22H30N4O3. The summed E-state index contributed by atoms with van der Waals surface area (Å²) in [7, 11) is 0. The van der Waals surface area contributed by atoms with Crippen LogP contribution in [-0.2, 0) is 0 Å². The van der Waals surface area contributed by atoms with Gasteiger partial charge in [0.1, 0.15) is 18.5 Å². The monoisotopic (exact) mass is 398 g/mol. The molecule has 2 bridgehead atoms. The van der Waals surface area contributed by atoms with E-state index in [9.17, 15) is 9.90 Å². The topological polar surface area (TPSA) is 88.8 Å². The second-order valence-corrected chi connectivity index (χ2v) is 8.82. The van der Waals surface area contributed by atoms with Crippen LogP contribution in [0.3, 0.4) is 0 Å². The Morgan fingerprint density at radius 1 is 1.21 bits per heavy atom. The zero-order valence-corrected chi connectivity index (χ0v) is 16.8. The van der Waals surface area contributed by atoms with Crippen molar-refractivity contribution in [2.24, 2.45) is 17.8 Å². The van der Waals surface area contributed by atoms with Crippen LogP contribution < -0.4 is 10.1 Å². The molecule has 2 aliphatic heterocycles. The highest BCUT2D eigenvalue weighted by atomic mass is 16.5. The van der Waals surface area contributed by atoms with Crippen LogP contribution in [0, 0.1) is 29.1 Å². The van der Waals surface area contributed by atoms with E-state index in [4.69, 9.17) is 10.00 Å². The number of hydrogen-bond acceptors (Lipinski definition) is 5. The maximum atomic E-state index is 12.4. The summed E-state index contributed by atoms with van der Waals surface area (Å²) in [6.45, 7) is 5.07. The molecule has 3 atom stereocenters. The summed E-state index contributed by atoms with van der Waals surface area (Å²) >= 11 is 0. The number of likely N-dealkylation sites (tertiary alicyclic amines) is 2. The number of nitrogens with one attached hydrogen (secondary N) is 1. The van der Waals surface area contributed by atoms with E-state index in [1.807, 2.05) is 4.90 Å². The molecule has 7 nitrogen and oxygen atoms in total. The number of piperidine rings is 2. The van der Waals surface area contributed by atoms with Crippen LogP contribution >= 0.6 is 0 Å². The first-order chi connectivity index (χ1) is 14.1. The van der Waals surface area contributed by atoms with Crippen LogP contribution in [0.15, 0.2) is 24.3 Å². The van der Waals surface area contributed by atoms with E-state index in [2.05, 4.69) is 16.3 Å². The molecule has 3 fully saturated rings. The summed E-state index contributed by atoms with van der Waals surface area (Å²) in [5.41, 5.74) is 0.591. The number of ether oxygens (including phenoxy) is 1. The Kier molecular flexibility index (Phi) is 6.22. The predicted octanol–water partition coefficient (Wildman–Crippen LogP) is 1.67. The highest BCUT2D eigenvalue weighted by molar-refractivity contribution is 5.74. The van der Waals surface area contributed by atoms with Crippen molar-refractivity contribution >= 4 is 6.03 Å². The maximum Gasteiger partial charge on any atom is 0.317 e. The van der Waals surface area contributed by atoms with Crippen LogP contribution in [0.5, 0.6) is 5.75 Å². The Morgan fingerprint density at radius 3 is 2.52 bits per heavy atom. The largest absolute Gasteiger partial charge is 0.491 e. The molecule has 0 radical (unpaired) electrons. The molecule has 1 aromatic carbocycles. The molecule has 2 heterocycles.